The molecule has 1 saturated heterocycles. The number of hydrogen-bond acceptors (Lipinski definition) is 3. The summed E-state index contributed by atoms with van der Waals surface area (Å²) in [6, 6.07) is 28.3. The van der Waals surface area contributed by atoms with Gasteiger partial charge in [-0.05, 0) is 83.5 Å². The van der Waals surface area contributed by atoms with E-state index in [1.165, 1.54) is 56.9 Å². The third-order valence-corrected chi connectivity index (χ3v) is 10.5. The fourth-order valence-corrected chi connectivity index (χ4v) is 7.74. The number of halogens is 3. The molecule has 1 aliphatic heterocycles. The molecule has 6 heteroatoms. The molecule has 2 fully saturated rings. The van der Waals surface area contributed by atoms with Gasteiger partial charge in [-0.2, -0.15) is 13.2 Å². The number of piperidine rings is 1. The maximum absolute atomic E-state index is 13.2. The summed E-state index contributed by atoms with van der Waals surface area (Å²) in [5, 5.41) is 2.08. The molecule has 0 bridgehead atoms. The number of rotatable bonds is 10. The summed E-state index contributed by atoms with van der Waals surface area (Å²) in [5.74, 6) is 2.56. The summed E-state index contributed by atoms with van der Waals surface area (Å²) >= 11 is 0. The Kier molecular flexibility index (Phi) is 11.4. The molecule has 2 atom stereocenters. The van der Waals surface area contributed by atoms with Crippen LogP contribution in [0.3, 0.4) is 0 Å². The van der Waals surface area contributed by atoms with E-state index in [0.717, 1.165) is 90.5 Å². The number of Topliss-reactive ketones (excluding diaryl/α,β-unsaturated/α-hetero) is 1. The second kappa shape index (κ2) is 16.1. The zero-order valence-electron chi connectivity index (χ0n) is 27.9. The molecule has 1 aliphatic carbocycles. The SMILES string of the molecule is O=C(CCCC1CCCCC(Cc2ccccc2)CCC1)c1ccc2cc(OC3CCN(c4ccc(C(F)(F)F)cc4)CC3)ccc2c1. The summed E-state index contributed by atoms with van der Waals surface area (Å²) < 4.78 is 45.1. The largest absolute Gasteiger partial charge is 0.490 e. The minimum absolute atomic E-state index is 0.0481. The molecule has 48 heavy (non-hydrogen) atoms. The maximum atomic E-state index is 13.2. The summed E-state index contributed by atoms with van der Waals surface area (Å²) in [6.07, 6.45) is 10.4. The first-order chi connectivity index (χ1) is 23.3. The number of carbonyl (C=O) groups is 1. The Labute approximate surface area is 283 Å². The lowest BCUT2D eigenvalue weighted by atomic mass is 9.89. The zero-order chi connectivity index (χ0) is 33.3. The predicted octanol–water partition coefficient (Wildman–Crippen LogP) is 11.5. The van der Waals surface area contributed by atoms with E-state index >= 15 is 0 Å². The molecule has 4 aromatic carbocycles. The van der Waals surface area contributed by atoms with Gasteiger partial charge in [-0.1, -0.05) is 99.9 Å². The van der Waals surface area contributed by atoms with Gasteiger partial charge < -0.3 is 9.64 Å². The highest BCUT2D eigenvalue weighted by atomic mass is 19.4. The van der Waals surface area contributed by atoms with Gasteiger partial charge in [0.1, 0.15) is 11.9 Å². The molecule has 6 rings (SSSR count). The molecule has 4 aromatic rings. The van der Waals surface area contributed by atoms with E-state index in [1.807, 2.05) is 36.4 Å². The van der Waals surface area contributed by atoms with E-state index in [2.05, 4.69) is 35.2 Å². The van der Waals surface area contributed by atoms with Gasteiger partial charge in [-0.3, -0.25) is 4.79 Å². The van der Waals surface area contributed by atoms with Crippen LogP contribution < -0.4 is 9.64 Å². The third-order valence-electron chi connectivity index (χ3n) is 10.5. The lowest BCUT2D eigenvalue weighted by Crippen LogP contribution is -2.38. The van der Waals surface area contributed by atoms with Crippen molar-refractivity contribution in [2.75, 3.05) is 18.0 Å². The third kappa shape index (κ3) is 9.42. The molecule has 0 aromatic heterocycles. The molecule has 3 nitrogen and oxygen atoms in total. The van der Waals surface area contributed by atoms with Crippen LogP contribution in [0.25, 0.3) is 10.8 Å². The lowest BCUT2D eigenvalue weighted by Gasteiger charge is -2.34. The lowest BCUT2D eigenvalue weighted by molar-refractivity contribution is -0.137. The number of ether oxygens (including phenoxy) is 1. The fraction of sp³-hybridized carbons (Fsp3) is 0.452. The minimum atomic E-state index is -4.32. The summed E-state index contributed by atoms with van der Waals surface area (Å²) in [6.45, 7) is 1.45. The summed E-state index contributed by atoms with van der Waals surface area (Å²) in [4.78, 5) is 15.3. The van der Waals surface area contributed by atoms with Crippen molar-refractivity contribution in [2.24, 2.45) is 11.8 Å². The predicted molar refractivity (Wildman–Crippen MR) is 189 cm³/mol. The second-order valence-electron chi connectivity index (χ2n) is 14.0. The van der Waals surface area contributed by atoms with E-state index in [4.69, 9.17) is 4.74 Å². The van der Waals surface area contributed by atoms with Gasteiger partial charge in [0, 0.05) is 43.6 Å². The highest BCUT2D eigenvalue weighted by Gasteiger charge is 2.30. The van der Waals surface area contributed by atoms with Gasteiger partial charge in [0.2, 0.25) is 0 Å². The van der Waals surface area contributed by atoms with Crippen molar-refractivity contribution < 1.29 is 22.7 Å². The highest BCUT2D eigenvalue weighted by molar-refractivity contribution is 6.00. The van der Waals surface area contributed by atoms with Gasteiger partial charge in [0.25, 0.3) is 0 Å². The highest BCUT2D eigenvalue weighted by Crippen LogP contribution is 2.33. The Hall–Kier alpha value is -3.80. The average Bonchev–Trinajstić information content (AvgIpc) is 3.20. The van der Waals surface area contributed by atoms with Crippen LogP contribution in [0, 0.1) is 11.8 Å². The second-order valence-corrected chi connectivity index (χ2v) is 14.0. The molecular weight excluding hydrogens is 607 g/mol. The number of hydrogen-bond donors (Lipinski definition) is 0. The quantitative estimate of drug-likeness (QED) is 0.159. The average molecular weight is 656 g/mol. The van der Waals surface area contributed by atoms with Crippen molar-refractivity contribution in [2.45, 2.75) is 95.8 Å². The van der Waals surface area contributed by atoms with Crippen molar-refractivity contribution in [1.82, 2.24) is 0 Å². The molecule has 254 valence electrons. The van der Waals surface area contributed by atoms with Gasteiger partial charge >= 0.3 is 6.18 Å². The minimum Gasteiger partial charge on any atom is -0.490 e. The normalized spacial score (nSPS) is 19.8. The number of nitrogens with zero attached hydrogens (tertiary/aromatic N) is 1. The van der Waals surface area contributed by atoms with Gasteiger partial charge in [0.15, 0.2) is 5.78 Å². The number of benzene rings is 4. The first-order valence-electron chi connectivity index (χ1n) is 18.0. The van der Waals surface area contributed by atoms with E-state index in [-0.39, 0.29) is 11.9 Å². The van der Waals surface area contributed by atoms with Crippen molar-refractivity contribution in [3.05, 3.63) is 108 Å². The topological polar surface area (TPSA) is 29.5 Å². The Morgan fingerprint density at radius 1 is 0.729 bits per heavy atom. The standard InChI is InChI=1S/C42H48F3NO2/c43-42(44,45)37-19-21-38(22-20-37)46-26-24-39(25-27-46)48-40-23-18-34-29-36(17-16-35(34)30-40)41(47)15-7-13-31-8-4-5-11-33(14-6-12-31)28-32-9-2-1-3-10-32/h1-3,9-10,16-23,29-31,33,39H,4-8,11-15,24-28H2. The number of ketones is 1. The van der Waals surface area contributed by atoms with E-state index in [0.29, 0.717) is 6.42 Å². The molecule has 1 heterocycles. The molecule has 0 N–H and O–H groups in total. The Bertz CT molecular complexity index is 1610. The summed E-state index contributed by atoms with van der Waals surface area (Å²) in [7, 11) is 0. The Morgan fingerprint density at radius 2 is 1.40 bits per heavy atom. The van der Waals surface area contributed by atoms with Crippen LogP contribution in [0.1, 0.15) is 98.5 Å². The van der Waals surface area contributed by atoms with Crippen molar-refractivity contribution in [3.63, 3.8) is 0 Å². The van der Waals surface area contributed by atoms with Crippen LogP contribution in [0.15, 0.2) is 91.0 Å². The van der Waals surface area contributed by atoms with Crippen LogP contribution >= 0.6 is 0 Å². The van der Waals surface area contributed by atoms with Gasteiger partial charge in [-0.25, -0.2) is 0 Å². The molecule has 1 saturated carbocycles. The van der Waals surface area contributed by atoms with Crippen molar-refractivity contribution in [1.29, 1.82) is 0 Å². The van der Waals surface area contributed by atoms with Crippen LogP contribution in [0.5, 0.6) is 5.75 Å². The number of fused-ring (bicyclic) bond motifs is 1. The van der Waals surface area contributed by atoms with E-state index < -0.39 is 11.7 Å². The Morgan fingerprint density at radius 3 is 2.15 bits per heavy atom. The van der Waals surface area contributed by atoms with Crippen molar-refractivity contribution in [3.8, 4) is 5.75 Å². The van der Waals surface area contributed by atoms with E-state index in [9.17, 15) is 18.0 Å². The van der Waals surface area contributed by atoms with Crippen LogP contribution in [-0.2, 0) is 12.6 Å². The molecular formula is C42H48F3NO2. The fourth-order valence-electron chi connectivity index (χ4n) is 7.74. The molecule has 0 spiro atoms. The van der Waals surface area contributed by atoms with Crippen LogP contribution in [0.2, 0.25) is 0 Å². The number of alkyl halides is 3. The monoisotopic (exact) mass is 655 g/mol. The van der Waals surface area contributed by atoms with Crippen molar-refractivity contribution >= 4 is 22.2 Å². The maximum Gasteiger partial charge on any atom is 0.416 e. The smallest absolute Gasteiger partial charge is 0.416 e. The van der Waals surface area contributed by atoms with E-state index in [1.54, 1.807) is 12.1 Å². The van der Waals surface area contributed by atoms with Crippen LogP contribution in [-0.4, -0.2) is 25.0 Å². The van der Waals surface area contributed by atoms with Gasteiger partial charge in [0.05, 0.1) is 5.56 Å². The molecule has 2 unspecified atom stereocenters. The zero-order valence-corrected chi connectivity index (χ0v) is 27.9. The Balaban J connectivity index is 0.939. The van der Waals surface area contributed by atoms with Gasteiger partial charge in [-0.15, -0.1) is 0 Å². The number of anilines is 1. The first-order valence-corrected chi connectivity index (χ1v) is 18.0. The molecule has 0 radical (unpaired) electrons. The summed E-state index contributed by atoms with van der Waals surface area (Å²) in [5.41, 5.74) is 2.43. The molecule has 0 amide bonds. The number of carbonyl (C=O) groups excluding carboxylic acids is 1. The molecule has 2 aliphatic rings. The first kappa shape index (κ1) is 34.1. The van der Waals surface area contributed by atoms with Crippen LogP contribution in [0.4, 0.5) is 18.9 Å².